The Balaban J connectivity index is 1.49. The first-order chi connectivity index (χ1) is 13.3. The Hall–Kier alpha value is -3.34. The standard InChI is InChI=1S/C22H23N3O2/c1-27-21-10-6-5-9-18(21)15-25-22(26)20-12-11-19(16-24-20)23-14-13-17-7-3-2-4-8-17/h2-12,16,23H,13-15H2,1H3,(H,25,26). The summed E-state index contributed by atoms with van der Waals surface area (Å²) in [5.41, 5.74) is 3.49. The van der Waals surface area contributed by atoms with E-state index in [9.17, 15) is 4.79 Å². The molecule has 3 rings (SSSR count). The maximum atomic E-state index is 12.3. The number of nitrogens with zero attached hydrogens (tertiary/aromatic N) is 1. The van der Waals surface area contributed by atoms with Gasteiger partial charge in [-0.15, -0.1) is 0 Å². The van der Waals surface area contributed by atoms with Crippen LogP contribution in [0.3, 0.4) is 0 Å². The number of ether oxygens (including phenoxy) is 1. The van der Waals surface area contributed by atoms with Crippen molar-refractivity contribution in [2.45, 2.75) is 13.0 Å². The van der Waals surface area contributed by atoms with Crippen molar-refractivity contribution < 1.29 is 9.53 Å². The number of aromatic nitrogens is 1. The predicted octanol–water partition coefficient (Wildman–Crippen LogP) is 3.67. The molecule has 2 aromatic carbocycles. The zero-order valence-electron chi connectivity index (χ0n) is 15.3. The molecule has 1 aromatic heterocycles. The van der Waals surface area contributed by atoms with Gasteiger partial charge in [-0.1, -0.05) is 48.5 Å². The number of pyridine rings is 1. The van der Waals surface area contributed by atoms with Gasteiger partial charge in [-0.25, -0.2) is 4.98 Å². The van der Waals surface area contributed by atoms with Crippen LogP contribution in [0.25, 0.3) is 0 Å². The molecule has 0 spiro atoms. The fraction of sp³-hybridized carbons (Fsp3) is 0.182. The van der Waals surface area contributed by atoms with Crippen molar-refractivity contribution in [1.29, 1.82) is 0 Å². The molecule has 0 saturated heterocycles. The molecular formula is C22H23N3O2. The van der Waals surface area contributed by atoms with E-state index in [0.29, 0.717) is 12.2 Å². The van der Waals surface area contributed by atoms with Gasteiger partial charge in [-0.2, -0.15) is 0 Å². The van der Waals surface area contributed by atoms with E-state index in [-0.39, 0.29) is 5.91 Å². The number of nitrogens with one attached hydrogen (secondary N) is 2. The number of benzene rings is 2. The summed E-state index contributed by atoms with van der Waals surface area (Å²) >= 11 is 0. The summed E-state index contributed by atoms with van der Waals surface area (Å²) in [5, 5.41) is 6.19. The molecule has 5 nitrogen and oxygen atoms in total. The Morgan fingerprint density at radius 3 is 2.52 bits per heavy atom. The average molecular weight is 361 g/mol. The molecule has 138 valence electrons. The van der Waals surface area contributed by atoms with Crippen LogP contribution in [0.2, 0.25) is 0 Å². The van der Waals surface area contributed by atoms with Crippen molar-refractivity contribution >= 4 is 11.6 Å². The van der Waals surface area contributed by atoms with E-state index < -0.39 is 0 Å². The summed E-state index contributed by atoms with van der Waals surface area (Å²) in [4.78, 5) is 16.5. The van der Waals surface area contributed by atoms with Crippen LogP contribution in [-0.4, -0.2) is 24.5 Å². The van der Waals surface area contributed by atoms with Gasteiger partial charge in [0.05, 0.1) is 19.0 Å². The van der Waals surface area contributed by atoms with E-state index >= 15 is 0 Å². The molecule has 0 atom stereocenters. The number of methoxy groups -OCH3 is 1. The van der Waals surface area contributed by atoms with Gasteiger partial charge in [0.25, 0.3) is 5.91 Å². The summed E-state index contributed by atoms with van der Waals surface area (Å²) in [6, 6.07) is 21.5. The minimum atomic E-state index is -0.211. The van der Waals surface area contributed by atoms with Crippen LogP contribution < -0.4 is 15.4 Å². The van der Waals surface area contributed by atoms with Crippen LogP contribution in [0.15, 0.2) is 72.9 Å². The van der Waals surface area contributed by atoms with Gasteiger partial charge in [0, 0.05) is 18.7 Å². The third-order valence-corrected chi connectivity index (χ3v) is 4.21. The predicted molar refractivity (Wildman–Crippen MR) is 107 cm³/mol. The minimum absolute atomic E-state index is 0.211. The lowest BCUT2D eigenvalue weighted by atomic mass is 10.1. The van der Waals surface area contributed by atoms with Crippen molar-refractivity contribution in [1.82, 2.24) is 10.3 Å². The van der Waals surface area contributed by atoms with Crippen molar-refractivity contribution in [2.24, 2.45) is 0 Å². The normalized spacial score (nSPS) is 10.3. The lowest BCUT2D eigenvalue weighted by molar-refractivity contribution is 0.0945. The van der Waals surface area contributed by atoms with E-state index in [1.807, 2.05) is 48.5 Å². The SMILES string of the molecule is COc1ccccc1CNC(=O)c1ccc(NCCc2ccccc2)cn1. The van der Waals surface area contributed by atoms with Gasteiger partial charge in [0.1, 0.15) is 11.4 Å². The van der Waals surface area contributed by atoms with Crippen LogP contribution in [0, 0.1) is 0 Å². The maximum Gasteiger partial charge on any atom is 0.270 e. The lowest BCUT2D eigenvalue weighted by Gasteiger charge is -2.10. The summed E-state index contributed by atoms with van der Waals surface area (Å²) in [6.07, 6.45) is 2.62. The average Bonchev–Trinajstić information content (AvgIpc) is 2.73. The molecule has 27 heavy (non-hydrogen) atoms. The largest absolute Gasteiger partial charge is 0.496 e. The number of amides is 1. The van der Waals surface area contributed by atoms with Gasteiger partial charge in [-0.05, 0) is 30.2 Å². The van der Waals surface area contributed by atoms with Gasteiger partial charge in [0.2, 0.25) is 0 Å². The molecule has 3 aromatic rings. The molecule has 0 fully saturated rings. The number of rotatable bonds is 8. The van der Waals surface area contributed by atoms with Crippen LogP contribution in [0.4, 0.5) is 5.69 Å². The number of hydrogen-bond acceptors (Lipinski definition) is 4. The molecule has 5 heteroatoms. The minimum Gasteiger partial charge on any atom is -0.496 e. The van der Waals surface area contributed by atoms with Crippen molar-refractivity contribution in [3.63, 3.8) is 0 Å². The quantitative estimate of drug-likeness (QED) is 0.642. The van der Waals surface area contributed by atoms with Crippen LogP contribution >= 0.6 is 0 Å². The Morgan fingerprint density at radius 1 is 1.00 bits per heavy atom. The van der Waals surface area contributed by atoms with E-state index in [1.165, 1.54) is 5.56 Å². The number of carbonyl (C=O) groups excluding carboxylic acids is 1. The third-order valence-electron chi connectivity index (χ3n) is 4.21. The van der Waals surface area contributed by atoms with E-state index in [1.54, 1.807) is 19.4 Å². The molecule has 0 aliphatic heterocycles. The zero-order chi connectivity index (χ0) is 18.9. The molecule has 1 heterocycles. The molecule has 0 unspecified atom stereocenters. The maximum absolute atomic E-state index is 12.3. The lowest BCUT2D eigenvalue weighted by Crippen LogP contribution is -2.24. The highest BCUT2D eigenvalue weighted by Gasteiger charge is 2.08. The molecule has 2 N–H and O–H groups in total. The highest BCUT2D eigenvalue weighted by molar-refractivity contribution is 5.92. The molecular weight excluding hydrogens is 338 g/mol. The van der Waals surface area contributed by atoms with Crippen molar-refractivity contribution in [2.75, 3.05) is 19.0 Å². The second kappa shape index (κ2) is 9.38. The van der Waals surface area contributed by atoms with Gasteiger partial charge >= 0.3 is 0 Å². The second-order valence-electron chi connectivity index (χ2n) is 6.09. The molecule has 0 saturated carbocycles. The van der Waals surface area contributed by atoms with Gasteiger partial charge < -0.3 is 15.4 Å². The highest BCUT2D eigenvalue weighted by atomic mass is 16.5. The molecule has 0 aliphatic rings. The molecule has 0 aliphatic carbocycles. The zero-order valence-corrected chi connectivity index (χ0v) is 15.3. The fourth-order valence-electron chi connectivity index (χ4n) is 2.74. The second-order valence-corrected chi connectivity index (χ2v) is 6.09. The first-order valence-electron chi connectivity index (χ1n) is 8.90. The first-order valence-corrected chi connectivity index (χ1v) is 8.90. The number of anilines is 1. The summed E-state index contributed by atoms with van der Waals surface area (Å²) in [5.74, 6) is 0.542. The van der Waals surface area contributed by atoms with E-state index in [0.717, 1.165) is 30.0 Å². The number of carbonyl (C=O) groups is 1. The highest BCUT2D eigenvalue weighted by Crippen LogP contribution is 2.17. The Labute approximate surface area is 159 Å². The number of hydrogen-bond donors (Lipinski definition) is 2. The topological polar surface area (TPSA) is 63.2 Å². The Kier molecular flexibility index (Phi) is 6.41. The Morgan fingerprint density at radius 2 is 1.78 bits per heavy atom. The summed E-state index contributed by atoms with van der Waals surface area (Å²) in [6.45, 7) is 1.20. The van der Waals surface area contributed by atoms with E-state index in [2.05, 4.69) is 27.8 Å². The monoisotopic (exact) mass is 361 g/mol. The molecule has 1 amide bonds. The third kappa shape index (κ3) is 5.31. The number of para-hydroxylation sites is 1. The van der Waals surface area contributed by atoms with Gasteiger partial charge in [-0.3, -0.25) is 4.79 Å². The summed E-state index contributed by atoms with van der Waals surface area (Å²) in [7, 11) is 1.62. The van der Waals surface area contributed by atoms with Crippen molar-refractivity contribution in [3.05, 3.63) is 89.7 Å². The smallest absolute Gasteiger partial charge is 0.270 e. The first kappa shape index (κ1) is 18.5. The summed E-state index contributed by atoms with van der Waals surface area (Å²) < 4.78 is 5.29. The Bertz CT molecular complexity index is 864. The molecule has 0 radical (unpaired) electrons. The molecule has 0 bridgehead atoms. The van der Waals surface area contributed by atoms with Crippen LogP contribution in [0.5, 0.6) is 5.75 Å². The van der Waals surface area contributed by atoms with Crippen molar-refractivity contribution in [3.8, 4) is 5.75 Å². The van der Waals surface area contributed by atoms with E-state index in [4.69, 9.17) is 4.74 Å². The fourth-order valence-corrected chi connectivity index (χ4v) is 2.74. The van der Waals surface area contributed by atoms with Gasteiger partial charge in [0.15, 0.2) is 0 Å². The van der Waals surface area contributed by atoms with Crippen LogP contribution in [0.1, 0.15) is 21.6 Å². The van der Waals surface area contributed by atoms with Crippen LogP contribution in [-0.2, 0) is 13.0 Å².